The number of nitrogens with one attached hydrogen (secondary N) is 1. The van der Waals surface area contributed by atoms with Crippen molar-refractivity contribution in [1.82, 2.24) is 10.2 Å². The van der Waals surface area contributed by atoms with Crippen LogP contribution in [-0.2, 0) is 0 Å². The van der Waals surface area contributed by atoms with Crippen LogP contribution in [0.25, 0.3) is 0 Å². The van der Waals surface area contributed by atoms with E-state index in [1.54, 1.807) is 0 Å². The van der Waals surface area contributed by atoms with E-state index in [-0.39, 0.29) is 0 Å². The maximum atomic E-state index is 5.69. The van der Waals surface area contributed by atoms with Crippen LogP contribution in [0.15, 0.2) is 30.3 Å². The van der Waals surface area contributed by atoms with Gasteiger partial charge in [0.25, 0.3) is 0 Å². The molecule has 1 aromatic carbocycles. The summed E-state index contributed by atoms with van der Waals surface area (Å²) < 4.78 is 5.69. The Morgan fingerprint density at radius 3 is 2.89 bits per heavy atom. The Morgan fingerprint density at radius 2 is 2.16 bits per heavy atom. The highest BCUT2D eigenvalue weighted by Crippen LogP contribution is 2.18. The fraction of sp³-hybridized carbons (Fsp3) is 0.625. The zero-order valence-corrected chi connectivity index (χ0v) is 12.1. The molecule has 2 rings (SSSR count). The van der Waals surface area contributed by atoms with Gasteiger partial charge < -0.3 is 15.0 Å². The number of nitrogens with zero attached hydrogens (tertiary/aromatic N) is 1. The Hall–Kier alpha value is -1.06. The first kappa shape index (κ1) is 14.4. The summed E-state index contributed by atoms with van der Waals surface area (Å²) in [4.78, 5) is 2.44. The van der Waals surface area contributed by atoms with Crippen LogP contribution in [0, 0.1) is 5.92 Å². The molecule has 0 amide bonds. The van der Waals surface area contributed by atoms with Gasteiger partial charge in [0, 0.05) is 19.1 Å². The van der Waals surface area contributed by atoms with Gasteiger partial charge in [-0.1, -0.05) is 18.2 Å². The van der Waals surface area contributed by atoms with Crippen molar-refractivity contribution in [2.75, 3.05) is 33.3 Å². The molecule has 19 heavy (non-hydrogen) atoms. The van der Waals surface area contributed by atoms with E-state index in [1.165, 1.54) is 25.9 Å². The smallest absolute Gasteiger partial charge is 0.119 e. The molecule has 1 fully saturated rings. The van der Waals surface area contributed by atoms with Gasteiger partial charge in [0.1, 0.15) is 12.4 Å². The maximum absolute atomic E-state index is 5.69. The minimum Gasteiger partial charge on any atom is -0.492 e. The molecule has 3 nitrogen and oxygen atoms in total. The quantitative estimate of drug-likeness (QED) is 0.797. The minimum atomic E-state index is 0.571. The number of hydrogen-bond donors (Lipinski definition) is 1. The van der Waals surface area contributed by atoms with Crippen LogP contribution in [0.5, 0.6) is 5.75 Å². The molecule has 106 valence electrons. The molecule has 0 aliphatic carbocycles. The van der Waals surface area contributed by atoms with Gasteiger partial charge in [-0.2, -0.15) is 0 Å². The number of rotatable bonds is 6. The lowest BCUT2D eigenvalue weighted by Gasteiger charge is -2.34. The van der Waals surface area contributed by atoms with Crippen molar-refractivity contribution in [3.63, 3.8) is 0 Å². The highest BCUT2D eigenvalue weighted by molar-refractivity contribution is 5.20. The first-order chi connectivity index (χ1) is 9.25. The SMILES string of the molecule is CC(NCCOc1ccccc1)C1CCCN(C)C1. The zero-order chi connectivity index (χ0) is 13.5. The van der Waals surface area contributed by atoms with Crippen molar-refractivity contribution >= 4 is 0 Å². The summed E-state index contributed by atoms with van der Waals surface area (Å²) in [6.07, 6.45) is 2.67. The van der Waals surface area contributed by atoms with Gasteiger partial charge in [-0.25, -0.2) is 0 Å². The molecular formula is C16H26N2O. The summed E-state index contributed by atoms with van der Waals surface area (Å²) in [6, 6.07) is 10.6. The van der Waals surface area contributed by atoms with Crippen molar-refractivity contribution in [2.45, 2.75) is 25.8 Å². The maximum Gasteiger partial charge on any atom is 0.119 e. The minimum absolute atomic E-state index is 0.571. The van der Waals surface area contributed by atoms with E-state index in [4.69, 9.17) is 4.74 Å². The Kier molecular flexibility index (Phi) is 5.67. The lowest BCUT2D eigenvalue weighted by molar-refractivity contribution is 0.175. The van der Waals surface area contributed by atoms with Crippen LogP contribution in [0.4, 0.5) is 0 Å². The van der Waals surface area contributed by atoms with Crippen LogP contribution >= 0.6 is 0 Å². The van der Waals surface area contributed by atoms with Gasteiger partial charge in [-0.05, 0) is 51.4 Å². The van der Waals surface area contributed by atoms with Crippen LogP contribution in [0.2, 0.25) is 0 Å². The third-order valence-electron chi connectivity index (χ3n) is 3.95. The Balaban J connectivity index is 1.62. The van der Waals surface area contributed by atoms with Crippen LogP contribution in [0.1, 0.15) is 19.8 Å². The Labute approximate surface area is 116 Å². The fourth-order valence-corrected chi connectivity index (χ4v) is 2.75. The number of ether oxygens (including phenoxy) is 1. The highest BCUT2D eigenvalue weighted by atomic mass is 16.5. The van der Waals surface area contributed by atoms with E-state index in [9.17, 15) is 0 Å². The lowest BCUT2D eigenvalue weighted by Crippen LogP contribution is -2.44. The number of likely N-dealkylation sites (tertiary alicyclic amines) is 1. The molecule has 0 bridgehead atoms. The van der Waals surface area contributed by atoms with E-state index >= 15 is 0 Å². The van der Waals surface area contributed by atoms with Gasteiger partial charge in [-0.3, -0.25) is 0 Å². The first-order valence-electron chi connectivity index (χ1n) is 7.35. The number of benzene rings is 1. The number of para-hydroxylation sites is 1. The summed E-state index contributed by atoms with van der Waals surface area (Å²) >= 11 is 0. The molecule has 1 aliphatic heterocycles. The number of piperidine rings is 1. The predicted molar refractivity (Wildman–Crippen MR) is 79.6 cm³/mol. The molecule has 0 aromatic heterocycles. The van der Waals surface area contributed by atoms with E-state index < -0.39 is 0 Å². The predicted octanol–water partition coefficient (Wildman–Crippen LogP) is 2.39. The van der Waals surface area contributed by atoms with Gasteiger partial charge in [0.15, 0.2) is 0 Å². The lowest BCUT2D eigenvalue weighted by atomic mass is 9.92. The van der Waals surface area contributed by atoms with Crippen LogP contribution < -0.4 is 10.1 Å². The van der Waals surface area contributed by atoms with Crippen molar-refractivity contribution in [3.05, 3.63) is 30.3 Å². The van der Waals surface area contributed by atoms with Gasteiger partial charge >= 0.3 is 0 Å². The van der Waals surface area contributed by atoms with Gasteiger partial charge in [-0.15, -0.1) is 0 Å². The molecule has 0 spiro atoms. The molecular weight excluding hydrogens is 236 g/mol. The van der Waals surface area contributed by atoms with Gasteiger partial charge in [0.2, 0.25) is 0 Å². The molecule has 1 N–H and O–H groups in total. The van der Waals surface area contributed by atoms with Crippen molar-refractivity contribution in [3.8, 4) is 5.75 Å². The molecule has 0 saturated carbocycles. The summed E-state index contributed by atoms with van der Waals surface area (Å²) in [5.74, 6) is 1.73. The van der Waals surface area contributed by atoms with Crippen LogP contribution in [0.3, 0.4) is 0 Å². The molecule has 2 atom stereocenters. The van der Waals surface area contributed by atoms with E-state index in [0.29, 0.717) is 6.04 Å². The monoisotopic (exact) mass is 262 g/mol. The zero-order valence-electron chi connectivity index (χ0n) is 12.1. The normalized spacial score (nSPS) is 22.1. The fourth-order valence-electron chi connectivity index (χ4n) is 2.75. The highest BCUT2D eigenvalue weighted by Gasteiger charge is 2.22. The largest absolute Gasteiger partial charge is 0.492 e. The summed E-state index contributed by atoms with van der Waals surface area (Å²) in [7, 11) is 2.22. The standard InChI is InChI=1S/C16H26N2O/c1-14(15-7-6-11-18(2)13-15)17-10-12-19-16-8-4-3-5-9-16/h3-5,8-9,14-15,17H,6-7,10-13H2,1-2H3. The Morgan fingerprint density at radius 1 is 1.37 bits per heavy atom. The first-order valence-corrected chi connectivity index (χ1v) is 7.35. The molecule has 3 heteroatoms. The van der Waals surface area contributed by atoms with Crippen molar-refractivity contribution in [2.24, 2.45) is 5.92 Å². The third kappa shape index (κ3) is 4.84. The van der Waals surface area contributed by atoms with E-state index in [0.717, 1.165) is 24.8 Å². The third-order valence-corrected chi connectivity index (χ3v) is 3.95. The van der Waals surface area contributed by atoms with E-state index in [1.807, 2.05) is 30.3 Å². The van der Waals surface area contributed by atoms with Crippen molar-refractivity contribution in [1.29, 1.82) is 0 Å². The molecule has 0 radical (unpaired) electrons. The number of hydrogen-bond acceptors (Lipinski definition) is 3. The van der Waals surface area contributed by atoms with Gasteiger partial charge in [0.05, 0.1) is 0 Å². The average molecular weight is 262 g/mol. The van der Waals surface area contributed by atoms with Crippen LogP contribution in [-0.4, -0.2) is 44.2 Å². The average Bonchev–Trinajstić information content (AvgIpc) is 2.44. The Bertz CT molecular complexity index is 355. The van der Waals surface area contributed by atoms with Crippen molar-refractivity contribution < 1.29 is 4.74 Å². The molecule has 1 aliphatic rings. The van der Waals surface area contributed by atoms with E-state index in [2.05, 4.69) is 24.2 Å². The second kappa shape index (κ2) is 7.51. The summed E-state index contributed by atoms with van der Waals surface area (Å²) in [6.45, 7) is 6.41. The molecule has 2 unspecified atom stereocenters. The molecule has 1 heterocycles. The summed E-state index contributed by atoms with van der Waals surface area (Å²) in [5.41, 5.74) is 0. The molecule has 1 aromatic rings. The topological polar surface area (TPSA) is 24.5 Å². The molecule has 1 saturated heterocycles. The summed E-state index contributed by atoms with van der Waals surface area (Å²) in [5, 5.41) is 3.59. The second-order valence-corrected chi connectivity index (χ2v) is 5.57. The second-order valence-electron chi connectivity index (χ2n) is 5.57.